The van der Waals surface area contributed by atoms with Gasteiger partial charge in [-0.3, -0.25) is 0 Å². The number of methoxy groups -OCH3 is 1. The molecule has 0 aliphatic carbocycles. The van der Waals surface area contributed by atoms with Crippen molar-refractivity contribution < 1.29 is 14.2 Å². The van der Waals surface area contributed by atoms with E-state index < -0.39 is 0 Å². The van der Waals surface area contributed by atoms with Gasteiger partial charge in [-0.15, -0.1) is 0 Å². The number of ether oxygens (including phenoxy) is 3. The Labute approximate surface area is 103 Å². The van der Waals surface area contributed by atoms with E-state index in [2.05, 4.69) is 19.1 Å². The Balaban J connectivity index is 1.98. The van der Waals surface area contributed by atoms with Gasteiger partial charge in [0.05, 0.1) is 26.4 Å². The largest absolute Gasteiger partial charge is 0.493 e. The van der Waals surface area contributed by atoms with Crippen LogP contribution in [0, 0.1) is 0 Å². The molecule has 1 aliphatic heterocycles. The maximum absolute atomic E-state index is 5.62. The van der Waals surface area contributed by atoms with Crippen LogP contribution in [0.4, 0.5) is 0 Å². The zero-order chi connectivity index (χ0) is 12.1. The quantitative estimate of drug-likeness (QED) is 0.682. The molecule has 1 unspecified atom stereocenters. The highest BCUT2D eigenvalue weighted by Crippen LogP contribution is 2.29. The molecule has 1 fully saturated rings. The predicted octanol–water partition coefficient (Wildman–Crippen LogP) is 2.82. The van der Waals surface area contributed by atoms with Crippen LogP contribution in [0.3, 0.4) is 0 Å². The molecule has 3 nitrogen and oxygen atoms in total. The lowest BCUT2D eigenvalue weighted by molar-refractivity contribution is 0.294. The first-order chi connectivity index (χ1) is 8.33. The van der Waals surface area contributed by atoms with Gasteiger partial charge in [0, 0.05) is 0 Å². The van der Waals surface area contributed by atoms with E-state index in [9.17, 15) is 0 Å². The highest BCUT2D eigenvalue weighted by Gasteiger charge is 2.21. The van der Waals surface area contributed by atoms with E-state index in [1.165, 1.54) is 5.56 Å². The maximum Gasteiger partial charge on any atom is 0.161 e. The highest BCUT2D eigenvalue weighted by atomic mass is 16.6. The van der Waals surface area contributed by atoms with Crippen molar-refractivity contribution >= 4 is 0 Å². The summed E-state index contributed by atoms with van der Waals surface area (Å²) in [4.78, 5) is 0. The average Bonchev–Trinajstić information content (AvgIpc) is 3.18. The zero-order valence-electron chi connectivity index (χ0n) is 10.6. The Morgan fingerprint density at radius 1 is 1.35 bits per heavy atom. The first-order valence-electron chi connectivity index (χ1n) is 6.24. The van der Waals surface area contributed by atoms with E-state index >= 15 is 0 Å². The molecule has 0 saturated carbocycles. The van der Waals surface area contributed by atoms with Gasteiger partial charge in [-0.1, -0.05) is 13.0 Å². The van der Waals surface area contributed by atoms with Gasteiger partial charge in [-0.25, -0.2) is 0 Å². The SMILES string of the molecule is CCCOc1ccc(CCC2CO2)cc1OC. The molecule has 0 bridgehead atoms. The average molecular weight is 236 g/mol. The van der Waals surface area contributed by atoms with E-state index in [-0.39, 0.29) is 0 Å². The molecular weight excluding hydrogens is 216 g/mol. The Morgan fingerprint density at radius 2 is 2.18 bits per heavy atom. The predicted molar refractivity (Wildman–Crippen MR) is 66.8 cm³/mol. The third kappa shape index (κ3) is 3.63. The van der Waals surface area contributed by atoms with Gasteiger partial charge in [0.2, 0.25) is 0 Å². The summed E-state index contributed by atoms with van der Waals surface area (Å²) in [5, 5.41) is 0. The number of epoxide rings is 1. The van der Waals surface area contributed by atoms with Gasteiger partial charge in [0.15, 0.2) is 11.5 Å². The fourth-order valence-corrected chi connectivity index (χ4v) is 1.76. The van der Waals surface area contributed by atoms with Crippen molar-refractivity contribution in [3.05, 3.63) is 23.8 Å². The molecule has 1 atom stereocenters. The second kappa shape index (κ2) is 5.92. The van der Waals surface area contributed by atoms with E-state index in [0.29, 0.717) is 6.10 Å². The minimum atomic E-state index is 0.483. The summed E-state index contributed by atoms with van der Waals surface area (Å²) in [5.74, 6) is 1.66. The normalized spacial score (nSPS) is 17.9. The van der Waals surface area contributed by atoms with Gasteiger partial charge < -0.3 is 14.2 Å². The van der Waals surface area contributed by atoms with Crippen LogP contribution < -0.4 is 9.47 Å². The third-order valence-electron chi connectivity index (χ3n) is 2.85. The molecule has 0 aromatic heterocycles. The van der Waals surface area contributed by atoms with Crippen molar-refractivity contribution in [2.24, 2.45) is 0 Å². The van der Waals surface area contributed by atoms with Crippen LogP contribution in [0.5, 0.6) is 11.5 Å². The molecule has 1 aromatic rings. The molecule has 1 heterocycles. The number of aryl methyl sites for hydroxylation is 1. The Morgan fingerprint density at radius 3 is 2.82 bits per heavy atom. The van der Waals surface area contributed by atoms with Crippen molar-refractivity contribution in [3.8, 4) is 11.5 Å². The molecule has 1 aromatic carbocycles. The van der Waals surface area contributed by atoms with Crippen LogP contribution in [0.1, 0.15) is 25.3 Å². The summed E-state index contributed by atoms with van der Waals surface area (Å²) in [6.45, 7) is 3.75. The summed E-state index contributed by atoms with van der Waals surface area (Å²) >= 11 is 0. The fraction of sp³-hybridized carbons (Fsp3) is 0.571. The summed E-state index contributed by atoms with van der Waals surface area (Å²) in [5.41, 5.74) is 1.28. The van der Waals surface area contributed by atoms with Crippen molar-refractivity contribution in [3.63, 3.8) is 0 Å². The molecule has 94 valence electrons. The molecule has 0 amide bonds. The monoisotopic (exact) mass is 236 g/mol. The molecule has 2 rings (SSSR count). The van der Waals surface area contributed by atoms with Gasteiger partial charge in [-0.05, 0) is 37.0 Å². The molecule has 0 spiro atoms. The third-order valence-corrected chi connectivity index (χ3v) is 2.85. The number of hydrogen-bond donors (Lipinski definition) is 0. The first kappa shape index (κ1) is 12.2. The molecule has 0 N–H and O–H groups in total. The molecular formula is C14H20O3. The van der Waals surface area contributed by atoms with Gasteiger partial charge in [0.25, 0.3) is 0 Å². The second-order valence-electron chi connectivity index (χ2n) is 4.33. The smallest absolute Gasteiger partial charge is 0.161 e. The molecule has 17 heavy (non-hydrogen) atoms. The van der Waals surface area contributed by atoms with Crippen LogP contribution in [0.25, 0.3) is 0 Å². The fourth-order valence-electron chi connectivity index (χ4n) is 1.76. The molecule has 3 heteroatoms. The van der Waals surface area contributed by atoms with Crippen molar-refractivity contribution in [2.75, 3.05) is 20.3 Å². The van der Waals surface area contributed by atoms with Crippen molar-refractivity contribution in [1.82, 2.24) is 0 Å². The molecule has 1 aliphatic rings. The summed E-state index contributed by atoms with van der Waals surface area (Å²) in [7, 11) is 1.68. The summed E-state index contributed by atoms with van der Waals surface area (Å²) in [6, 6.07) is 6.17. The van der Waals surface area contributed by atoms with E-state index in [0.717, 1.165) is 44.0 Å². The van der Waals surface area contributed by atoms with Crippen LogP contribution in [-0.2, 0) is 11.2 Å². The van der Waals surface area contributed by atoms with Crippen LogP contribution in [0.15, 0.2) is 18.2 Å². The van der Waals surface area contributed by atoms with Gasteiger partial charge >= 0.3 is 0 Å². The highest BCUT2D eigenvalue weighted by molar-refractivity contribution is 5.43. The van der Waals surface area contributed by atoms with Crippen LogP contribution in [-0.4, -0.2) is 26.4 Å². The number of rotatable bonds is 7. The maximum atomic E-state index is 5.62. The topological polar surface area (TPSA) is 31.0 Å². The lowest BCUT2D eigenvalue weighted by atomic mass is 10.1. The Bertz CT molecular complexity index is 358. The number of benzene rings is 1. The van der Waals surface area contributed by atoms with Gasteiger partial charge in [0.1, 0.15) is 0 Å². The Kier molecular flexibility index (Phi) is 4.26. The lowest BCUT2D eigenvalue weighted by Gasteiger charge is -2.11. The van der Waals surface area contributed by atoms with Crippen LogP contribution in [0.2, 0.25) is 0 Å². The van der Waals surface area contributed by atoms with E-state index in [1.807, 2.05) is 6.07 Å². The second-order valence-corrected chi connectivity index (χ2v) is 4.33. The van der Waals surface area contributed by atoms with E-state index in [1.54, 1.807) is 7.11 Å². The van der Waals surface area contributed by atoms with E-state index in [4.69, 9.17) is 14.2 Å². The number of hydrogen-bond acceptors (Lipinski definition) is 3. The molecule has 0 radical (unpaired) electrons. The van der Waals surface area contributed by atoms with Gasteiger partial charge in [-0.2, -0.15) is 0 Å². The minimum Gasteiger partial charge on any atom is -0.493 e. The van der Waals surface area contributed by atoms with Crippen LogP contribution >= 0.6 is 0 Å². The Hall–Kier alpha value is -1.22. The summed E-state index contributed by atoms with van der Waals surface area (Å²) < 4.78 is 16.2. The lowest BCUT2D eigenvalue weighted by Crippen LogP contribution is -1.99. The zero-order valence-corrected chi connectivity index (χ0v) is 10.6. The van der Waals surface area contributed by atoms with Crippen molar-refractivity contribution in [2.45, 2.75) is 32.3 Å². The van der Waals surface area contributed by atoms with Crippen molar-refractivity contribution in [1.29, 1.82) is 0 Å². The first-order valence-corrected chi connectivity index (χ1v) is 6.24. The standard InChI is InChI=1S/C14H20O3/c1-3-8-16-13-7-5-11(9-14(13)15-2)4-6-12-10-17-12/h5,7,9,12H,3-4,6,8,10H2,1-2H3. The minimum absolute atomic E-state index is 0.483. The molecule has 1 saturated heterocycles. The summed E-state index contributed by atoms with van der Waals surface area (Å²) in [6.07, 6.45) is 3.62.